The van der Waals surface area contributed by atoms with Gasteiger partial charge in [-0.3, -0.25) is 4.79 Å². The van der Waals surface area contributed by atoms with Crippen molar-refractivity contribution in [2.45, 2.75) is 32.1 Å². The van der Waals surface area contributed by atoms with Crippen molar-refractivity contribution >= 4 is 28.7 Å². The molecule has 0 N–H and O–H groups in total. The molecule has 0 saturated carbocycles. The Kier molecular flexibility index (Phi) is 2.00. The third kappa shape index (κ3) is 1.42. The van der Waals surface area contributed by atoms with E-state index in [4.69, 9.17) is 11.6 Å². The summed E-state index contributed by atoms with van der Waals surface area (Å²) >= 11 is 7.33. The van der Waals surface area contributed by atoms with Crippen molar-refractivity contribution in [3.05, 3.63) is 20.8 Å². The van der Waals surface area contributed by atoms with Crippen molar-refractivity contribution in [1.82, 2.24) is 0 Å². The number of thiophene rings is 1. The lowest BCUT2D eigenvalue weighted by Gasteiger charge is -2.28. The van der Waals surface area contributed by atoms with Gasteiger partial charge in [-0.15, -0.1) is 11.3 Å². The highest BCUT2D eigenvalue weighted by Gasteiger charge is 2.33. The van der Waals surface area contributed by atoms with Gasteiger partial charge in [0.25, 0.3) is 0 Å². The lowest BCUT2D eigenvalue weighted by Crippen LogP contribution is -2.25. The Balaban J connectivity index is 2.60. The smallest absolute Gasteiger partial charge is 0.173 e. The quantitative estimate of drug-likeness (QED) is 0.644. The molecule has 0 fully saturated rings. The maximum absolute atomic E-state index is 11.5. The van der Waals surface area contributed by atoms with Gasteiger partial charge in [-0.1, -0.05) is 25.4 Å². The number of fused-ring (bicyclic) bond motifs is 1. The summed E-state index contributed by atoms with van der Waals surface area (Å²) in [5.74, 6) is 0.256. The number of ketones is 1. The Bertz CT molecular complexity index is 365. The van der Waals surface area contributed by atoms with E-state index in [1.165, 1.54) is 11.3 Å². The third-order valence-corrected chi connectivity index (χ3v) is 3.97. The molecule has 1 heterocycles. The average molecular weight is 215 g/mol. The van der Waals surface area contributed by atoms with E-state index in [0.717, 1.165) is 21.2 Å². The van der Waals surface area contributed by atoms with Gasteiger partial charge in [0.1, 0.15) is 0 Å². The Hall–Kier alpha value is -0.340. The fourth-order valence-corrected chi connectivity index (χ4v) is 3.12. The maximum atomic E-state index is 11.5. The molecule has 1 aliphatic carbocycles. The number of rotatable bonds is 0. The van der Waals surface area contributed by atoms with Crippen LogP contribution in [0.25, 0.3) is 0 Å². The number of carbonyl (C=O) groups excluding carboxylic acids is 1. The van der Waals surface area contributed by atoms with Gasteiger partial charge in [-0.25, -0.2) is 0 Å². The van der Waals surface area contributed by atoms with Crippen molar-refractivity contribution in [1.29, 1.82) is 0 Å². The van der Waals surface area contributed by atoms with E-state index in [1.54, 1.807) is 0 Å². The molecule has 70 valence electrons. The third-order valence-electron chi connectivity index (χ3n) is 2.66. The summed E-state index contributed by atoms with van der Waals surface area (Å²) in [4.78, 5) is 12.4. The highest BCUT2D eigenvalue weighted by atomic mass is 35.5. The van der Waals surface area contributed by atoms with E-state index in [1.807, 2.05) is 6.07 Å². The predicted octanol–water partition coefficient (Wildman–Crippen LogP) is 3.66. The molecule has 0 spiro atoms. The molecule has 0 aliphatic heterocycles. The van der Waals surface area contributed by atoms with Gasteiger partial charge in [0.2, 0.25) is 0 Å². The number of carbonyl (C=O) groups is 1. The maximum Gasteiger partial charge on any atom is 0.173 e. The van der Waals surface area contributed by atoms with E-state index in [2.05, 4.69) is 13.8 Å². The topological polar surface area (TPSA) is 17.1 Å². The average Bonchev–Trinajstić information content (AvgIpc) is 2.42. The van der Waals surface area contributed by atoms with Gasteiger partial charge in [-0.05, 0) is 23.5 Å². The number of halogens is 1. The molecule has 0 bridgehead atoms. The Morgan fingerprint density at radius 3 is 2.85 bits per heavy atom. The second-order valence-corrected chi connectivity index (χ2v) is 5.78. The van der Waals surface area contributed by atoms with Crippen LogP contribution in [0.2, 0.25) is 4.34 Å². The predicted molar refractivity (Wildman–Crippen MR) is 55.9 cm³/mol. The summed E-state index contributed by atoms with van der Waals surface area (Å²) in [6.07, 6.45) is 1.60. The molecule has 0 saturated heterocycles. The SMILES string of the molecule is CC1(C)CCC(=O)c2sc(Cl)cc21. The van der Waals surface area contributed by atoms with Crippen molar-refractivity contribution in [2.24, 2.45) is 0 Å². The van der Waals surface area contributed by atoms with Gasteiger partial charge >= 0.3 is 0 Å². The zero-order valence-corrected chi connectivity index (χ0v) is 9.26. The van der Waals surface area contributed by atoms with Crippen LogP contribution in [0, 0.1) is 0 Å². The van der Waals surface area contributed by atoms with Crippen LogP contribution in [0.15, 0.2) is 6.07 Å². The molecule has 1 aliphatic rings. The van der Waals surface area contributed by atoms with E-state index in [9.17, 15) is 4.79 Å². The van der Waals surface area contributed by atoms with Crippen LogP contribution in [0.3, 0.4) is 0 Å². The van der Waals surface area contributed by atoms with Crippen LogP contribution in [0.4, 0.5) is 0 Å². The highest BCUT2D eigenvalue weighted by molar-refractivity contribution is 7.18. The van der Waals surface area contributed by atoms with Gasteiger partial charge < -0.3 is 0 Å². The lowest BCUT2D eigenvalue weighted by atomic mass is 9.76. The second kappa shape index (κ2) is 2.82. The molecule has 0 amide bonds. The summed E-state index contributed by atoms with van der Waals surface area (Å²) < 4.78 is 0.730. The monoisotopic (exact) mass is 214 g/mol. The minimum Gasteiger partial charge on any atom is -0.293 e. The Morgan fingerprint density at radius 2 is 2.23 bits per heavy atom. The van der Waals surface area contributed by atoms with E-state index in [-0.39, 0.29) is 11.2 Å². The molecule has 1 aromatic rings. The molecule has 0 aromatic carbocycles. The highest BCUT2D eigenvalue weighted by Crippen LogP contribution is 2.42. The Morgan fingerprint density at radius 1 is 1.54 bits per heavy atom. The van der Waals surface area contributed by atoms with Crippen LogP contribution in [-0.4, -0.2) is 5.78 Å². The molecule has 2 rings (SSSR count). The summed E-state index contributed by atoms with van der Waals surface area (Å²) in [6, 6.07) is 1.94. The normalized spacial score (nSPS) is 20.1. The molecule has 0 atom stereocenters. The first-order valence-corrected chi connectivity index (χ1v) is 5.53. The molecular weight excluding hydrogens is 204 g/mol. The summed E-state index contributed by atoms with van der Waals surface area (Å²) in [5, 5.41) is 0. The zero-order chi connectivity index (χ0) is 9.64. The summed E-state index contributed by atoms with van der Waals surface area (Å²) in [7, 11) is 0. The molecular formula is C10H11ClOS. The molecule has 13 heavy (non-hydrogen) atoms. The first kappa shape index (κ1) is 9.22. The van der Waals surface area contributed by atoms with Gasteiger partial charge in [-0.2, -0.15) is 0 Å². The van der Waals surface area contributed by atoms with E-state index >= 15 is 0 Å². The van der Waals surface area contributed by atoms with Gasteiger partial charge in [0, 0.05) is 6.42 Å². The minimum atomic E-state index is 0.118. The number of Topliss-reactive ketones (excluding diaryl/α,β-unsaturated/α-hetero) is 1. The largest absolute Gasteiger partial charge is 0.293 e. The lowest BCUT2D eigenvalue weighted by molar-refractivity contribution is 0.0962. The minimum absolute atomic E-state index is 0.118. The van der Waals surface area contributed by atoms with Crippen LogP contribution in [0.1, 0.15) is 41.9 Å². The summed E-state index contributed by atoms with van der Waals surface area (Å²) in [5.41, 5.74) is 1.26. The van der Waals surface area contributed by atoms with E-state index in [0.29, 0.717) is 6.42 Å². The van der Waals surface area contributed by atoms with Gasteiger partial charge in [0.05, 0.1) is 9.21 Å². The fourth-order valence-electron chi connectivity index (χ4n) is 1.75. The first-order valence-electron chi connectivity index (χ1n) is 4.34. The molecule has 0 radical (unpaired) electrons. The van der Waals surface area contributed by atoms with Crippen molar-refractivity contribution in [2.75, 3.05) is 0 Å². The standard InChI is InChI=1S/C10H11ClOS/c1-10(2)4-3-7(12)9-6(10)5-8(11)13-9/h5H,3-4H2,1-2H3. The first-order chi connectivity index (χ1) is 6.00. The zero-order valence-electron chi connectivity index (χ0n) is 7.69. The number of hydrogen-bond acceptors (Lipinski definition) is 2. The van der Waals surface area contributed by atoms with Crippen LogP contribution in [-0.2, 0) is 5.41 Å². The van der Waals surface area contributed by atoms with Crippen molar-refractivity contribution in [3.8, 4) is 0 Å². The van der Waals surface area contributed by atoms with Crippen molar-refractivity contribution < 1.29 is 4.79 Å². The van der Waals surface area contributed by atoms with Gasteiger partial charge in [0.15, 0.2) is 5.78 Å². The second-order valence-electron chi connectivity index (χ2n) is 4.10. The molecule has 3 heteroatoms. The van der Waals surface area contributed by atoms with E-state index < -0.39 is 0 Å². The molecule has 0 unspecified atom stereocenters. The van der Waals surface area contributed by atoms with Crippen LogP contribution < -0.4 is 0 Å². The molecule has 1 nitrogen and oxygen atoms in total. The number of hydrogen-bond donors (Lipinski definition) is 0. The van der Waals surface area contributed by atoms with Crippen LogP contribution in [0.5, 0.6) is 0 Å². The Labute approximate surface area is 86.7 Å². The molecule has 1 aromatic heterocycles. The fraction of sp³-hybridized carbons (Fsp3) is 0.500. The van der Waals surface area contributed by atoms with Crippen molar-refractivity contribution in [3.63, 3.8) is 0 Å². The van der Waals surface area contributed by atoms with Crippen LogP contribution >= 0.6 is 22.9 Å². The summed E-state index contributed by atoms with van der Waals surface area (Å²) in [6.45, 7) is 4.34.